The third-order valence-electron chi connectivity index (χ3n) is 2.05. The molecular weight excluding hydrogens is 229 g/mol. The van der Waals surface area contributed by atoms with Gasteiger partial charge in [0.2, 0.25) is 0 Å². The molecule has 6 heteroatoms. The second-order valence-corrected chi connectivity index (χ2v) is 4.26. The van der Waals surface area contributed by atoms with Gasteiger partial charge in [-0.25, -0.2) is 4.39 Å². The predicted molar refractivity (Wildman–Crippen MR) is 57.4 cm³/mol. The first-order valence-corrected chi connectivity index (χ1v) is 5.43. The van der Waals surface area contributed by atoms with Crippen LogP contribution in [0.4, 0.5) is 4.39 Å². The Labute approximate surface area is 96.1 Å². The highest BCUT2D eigenvalue weighted by Gasteiger charge is 2.08. The molecule has 0 fully saturated rings. The zero-order chi connectivity index (χ0) is 11.5. The first-order chi connectivity index (χ1) is 7.70. The number of hydrogen-bond donors (Lipinski definition) is 1. The lowest BCUT2D eigenvalue weighted by Crippen LogP contribution is -1.91. The van der Waals surface area contributed by atoms with Gasteiger partial charge >= 0.3 is 0 Å². The smallest absolute Gasteiger partial charge is 0.195 e. The normalized spacial score (nSPS) is 10.7. The van der Waals surface area contributed by atoms with Crippen LogP contribution >= 0.6 is 11.8 Å². The van der Waals surface area contributed by atoms with Crippen molar-refractivity contribution >= 4 is 11.8 Å². The van der Waals surface area contributed by atoms with E-state index in [0.717, 1.165) is 0 Å². The number of halogens is 1. The first-order valence-electron chi connectivity index (χ1n) is 4.62. The minimum absolute atomic E-state index is 0.161. The van der Waals surface area contributed by atoms with Crippen molar-refractivity contribution in [1.29, 1.82) is 0 Å². The van der Waals surface area contributed by atoms with Gasteiger partial charge in [0.15, 0.2) is 5.16 Å². The van der Waals surface area contributed by atoms with Crippen LogP contribution in [0.1, 0.15) is 5.56 Å². The summed E-state index contributed by atoms with van der Waals surface area (Å²) in [6.07, 6.45) is 1.56. The highest BCUT2D eigenvalue weighted by molar-refractivity contribution is 7.99. The molecule has 0 spiro atoms. The van der Waals surface area contributed by atoms with Crippen LogP contribution in [0.3, 0.4) is 0 Å². The molecule has 1 aromatic heterocycles. The lowest BCUT2D eigenvalue weighted by Gasteiger charge is -2.03. The third kappa shape index (κ3) is 2.23. The molecule has 84 valence electrons. The topological polar surface area (TPSA) is 50.9 Å². The largest absolute Gasteiger partial charge is 0.392 e. The third-order valence-corrected chi connectivity index (χ3v) is 3.15. The number of nitrogens with zero attached hydrogens (tertiary/aromatic N) is 3. The fourth-order valence-electron chi connectivity index (χ4n) is 1.19. The predicted octanol–water partition coefficient (Wildman–Crippen LogP) is 1.60. The zero-order valence-corrected chi connectivity index (χ0v) is 9.41. The molecule has 4 nitrogen and oxygen atoms in total. The summed E-state index contributed by atoms with van der Waals surface area (Å²) in [4.78, 5) is 0.466. The second-order valence-electron chi connectivity index (χ2n) is 3.25. The van der Waals surface area contributed by atoms with Gasteiger partial charge in [0.1, 0.15) is 12.1 Å². The Kier molecular flexibility index (Phi) is 3.21. The van der Waals surface area contributed by atoms with E-state index in [0.29, 0.717) is 15.6 Å². The fraction of sp³-hybridized carbons (Fsp3) is 0.200. The Morgan fingerprint density at radius 1 is 1.50 bits per heavy atom. The Bertz CT molecular complexity index is 501. The van der Waals surface area contributed by atoms with E-state index in [1.807, 2.05) is 0 Å². The number of aromatic nitrogens is 3. The van der Waals surface area contributed by atoms with Crippen LogP contribution in [0.2, 0.25) is 0 Å². The van der Waals surface area contributed by atoms with E-state index in [2.05, 4.69) is 10.2 Å². The summed E-state index contributed by atoms with van der Waals surface area (Å²) < 4.78 is 15.3. The molecule has 0 atom stereocenters. The lowest BCUT2D eigenvalue weighted by molar-refractivity contribution is 0.281. The van der Waals surface area contributed by atoms with E-state index in [1.54, 1.807) is 30.1 Å². The van der Waals surface area contributed by atoms with Crippen LogP contribution < -0.4 is 0 Å². The molecule has 0 aliphatic rings. The van der Waals surface area contributed by atoms with Gasteiger partial charge in [-0.1, -0.05) is 6.07 Å². The maximum atomic E-state index is 13.6. The summed E-state index contributed by atoms with van der Waals surface area (Å²) in [6, 6.07) is 4.63. The molecule has 0 saturated heterocycles. The van der Waals surface area contributed by atoms with Gasteiger partial charge in [-0.3, -0.25) is 0 Å². The molecule has 0 radical (unpaired) electrons. The summed E-state index contributed by atoms with van der Waals surface area (Å²) in [5, 5.41) is 17.0. The quantitative estimate of drug-likeness (QED) is 0.883. The molecule has 2 aromatic rings. The molecule has 1 aromatic carbocycles. The van der Waals surface area contributed by atoms with Crippen LogP contribution in [0, 0.1) is 5.82 Å². The summed E-state index contributed by atoms with van der Waals surface area (Å²) >= 11 is 1.20. The Morgan fingerprint density at radius 3 is 2.88 bits per heavy atom. The molecule has 1 N–H and O–H groups in total. The highest BCUT2D eigenvalue weighted by Crippen LogP contribution is 2.28. The first kappa shape index (κ1) is 11.1. The number of aryl methyl sites for hydroxylation is 1. The van der Waals surface area contributed by atoms with E-state index >= 15 is 0 Å². The average Bonchev–Trinajstić information content (AvgIpc) is 2.67. The van der Waals surface area contributed by atoms with E-state index in [1.165, 1.54) is 17.8 Å². The van der Waals surface area contributed by atoms with Crippen molar-refractivity contribution in [2.75, 3.05) is 0 Å². The van der Waals surface area contributed by atoms with E-state index in [-0.39, 0.29) is 12.4 Å². The molecule has 0 aliphatic carbocycles. The maximum Gasteiger partial charge on any atom is 0.195 e. The van der Waals surface area contributed by atoms with Crippen molar-refractivity contribution in [3.63, 3.8) is 0 Å². The summed E-state index contributed by atoms with van der Waals surface area (Å²) in [6.45, 7) is -0.161. The van der Waals surface area contributed by atoms with Gasteiger partial charge in [-0.15, -0.1) is 10.2 Å². The summed E-state index contributed by atoms with van der Waals surface area (Å²) in [7, 11) is 1.79. The van der Waals surface area contributed by atoms with E-state index in [9.17, 15) is 4.39 Å². The molecule has 0 saturated carbocycles. The van der Waals surface area contributed by atoms with E-state index < -0.39 is 0 Å². The minimum atomic E-state index is -0.362. The van der Waals surface area contributed by atoms with Crippen molar-refractivity contribution in [2.45, 2.75) is 16.7 Å². The molecule has 0 aliphatic heterocycles. The minimum Gasteiger partial charge on any atom is -0.392 e. The van der Waals surface area contributed by atoms with Crippen LogP contribution in [0.5, 0.6) is 0 Å². The van der Waals surface area contributed by atoms with Crippen LogP contribution in [0.25, 0.3) is 0 Å². The van der Waals surface area contributed by atoms with Gasteiger partial charge < -0.3 is 9.67 Å². The Balaban J connectivity index is 2.25. The van der Waals surface area contributed by atoms with Gasteiger partial charge in [0.25, 0.3) is 0 Å². The maximum absolute atomic E-state index is 13.6. The standard InChI is InChI=1S/C10H10FN3OS/c1-14-6-12-13-10(14)16-9-3-2-7(5-15)4-8(9)11/h2-4,6,15H,5H2,1H3. The zero-order valence-electron chi connectivity index (χ0n) is 8.59. The van der Waals surface area contributed by atoms with E-state index in [4.69, 9.17) is 5.11 Å². The number of hydrogen-bond acceptors (Lipinski definition) is 4. The lowest BCUT2D eigenvalue weighted by atomic mass is 10.2. The van der Waals surface area contributed by atoms with Crippen LogP contribution in [0.15, 0.2) is 34.6 Å². The summed E-state index contributed by atoms with van der Waals surface area (Å²) in [5.41, 5.74) is 0.555. The van der Waals surface area contributed by atoms with Gasteiger partial charge in [-0.2, -0.15) is 0 Å². The van der Waals surface area contributed by atoms with Crippen molar-refractivity contribution in [1.82, 2.24) is 14.8 Å². The fourth-order valence-corrected chi connectivity index (χ4v) is 1.96. The molecule has 1 heterocycles. The monoisotopic (exact) mass is 239 g/mol. The molecule has 16 heavy (non-hydrogen) atoms. The Morgan fingerprint density at radius 2 is 2.31 bits per heavy atom. The molecule has 0 amide bonds. The van der Waals surface area contributed by atoms with Crippen LogP contribution in [-0.4, -0.2) is 19.9 Å². The highest BCUT2D eigenvalue weighted by atomic mass is 32.2. The van der Waals surface area contributed by atoms with Crippen molar-refractivity contribution in [3.8, 4) is 0 Å². The van der Waals surface area contributed by atoms with Crippen molar-refractivity contribution in [3.05, 3.63) is 35.9 Å². The van der Waals surface area contributed by atoms with Crippen molar-refractivity contribution in [2.24, 2.45) is 7.05 Å². The average molecular weight is 239 g/mol. The van der Waals surface area contributed by atoms with Gasteiger partial charge in [-0.05, 0) is 29.5 Å². The van der Waals surface area contributed by atoms with Crippen LogP contribution in [-0.2, 0) is 13.7 Å². The molecule has 2 rings (SSSR count). The summed E-state index contributed by atoms with van der Waals surface area (Å²) in [5.74, 6) is -0.362. The number of rotatable bonds is 3. The number of aliphatic hydroxyl groups is 1. The molecular formula is C10H10FN3OS. The molecule has 0 bridgehead atoms. The second kappa shape index (κ2) is 4.63. The number of benzene rings is 1. The van der Waals surface area contributed by atoms with Gasteiger partial charge in [0.05, 0.1) is 11.5 Å². The number of aliphatic hydroxyl groups excluding tert-OH is 1. The SMILES string of the molecule is Cn1cnnc1Sc1ccc(CO)cc1F. The van der Waals surface area contributed by atoms with Crippen molar-refractivity contribution < 1.29 is 9.50 Å². The van der Waals surface area contributed by atoms with Gasteiger partial charge in [0, 0.05) is 7.05 Å². The Hall–Kier alpha value is -1.40. The molecule has 0 unspecified atom stereocenters.